The Bertz CT molecular complexity index is 445. The third-order valence-corrected chi connectivity index (χ3v) is 2.40. The quantitative estimate of drug-likeness (QED) is 0.937. The van der Waals surface area contributed by atoms with E-state index in [9.17, 15) is 0 Å². The van der Waals surface area contributed by atoms with Crippen LogP contribution in [0.1, 0.15) is 5.56 Å². The molecule has 0 fully saturated rings. The third kappa shape index (κ3) is 2.93. The van der Waals surface area contributed by atoms with Gasteiger partial charge in [0.25, 0.3) is 0 Å². The fraction of sp³-hybridized carbons (Fsp3) is 0.0909. The third-order valence-electron chi connectivity index (χ3n) is 1.91. The van der Waals surface area contributed by atoms with E-state index in [4.69, 9.17) is 10.5 Å². The SMILES string of the molecule is Nc1cncc(OCc2cccc(Br)c2)n1. The first kappa shape index (κ1) is 10.9. The molecule has 0 saturated heterocycles. The predicted octanol–water partition coefficient (Wildman–Crippen LogP) is 2.40. The van der Waals surface area contributed by atoms with Crippen LogP contribution in [0.25, 0.3) is 0 Å². The highest BCUT2D eigenvalue weighted by Gasteiger charge is 1.98. The van der Waals surface area contributed by atoms with Gasteiger partial charge in [-0.25, -0.2) is 0 Å². The minimum absolute atomic E-state index is 0.353. The molecule has 4 nitrogen and oxygen atoms in total. The Kier molecular flexibility index (Phi) is 3.36. The molecule has 5 heteroatoms. The van der Waals surface area contributed by atoms with Crippen molar-refractivity contribution < 1.29 is 4.74 Å². The average molecular weight is 280 g/mol. The summed E-state index contributed by atoms with van der Waals surface area (Å²) in [6.45, 7) is 0.442. The Morgan fingerprint density at radius 1 is 1.31 bits per heavy atom. The molecule has 0 saturated carbocycles. The Labute approximate surface area is 102 Å². The van der Waals surface area contributed by atoms with E-state index < -0.39 is 0 Å². The Hall–Kier alpha value is -1.62. The summed E-state index contributed by atoms with van der Waals surface area (Å²) in [5, 5.41) is 0. The smallest absolute Gasteiger partial charge is 0.234 e. The summed E-state index contributed by atoms with van der Waals surface area (Å²) >= 11 is 3.40. The molecule has 0 radical (unpaired) electrons. The van der Waals surface area contributed by atoms with Gasteiger partial charge in [-0.15, -0.1) is 0 Å². The number of hydrogen-bond acceptors (Lipinski definition) is 4. The van der Waals surface area contributed by atoms with E-state index in [0.717, 1.165) is 10.0 Å². The summed E-state index contributed by atoms with van der Waals surface area (Å²) in [7, 11) is 0. The first-order valence-corrected chi connectivity index (χ1v) is 5.48. The maximum absolute atomic E-state index is 5.49. The molecule has 0 atom stereocenters. The van der Waals surface area contributed by atoms with Crippen LogP contribution >= 0.6 is 15.9 Å². The molecule has 1 heterocycles. The summed E-state index contributed by atoms with van der Waals surface area (Å²) in [5.41, 5.74) is 6.54. The standard InChI is InChI=1S/C11H10BrN3O/c12-9-3-1-2-8(4-9)7-16-11-6-14-5-10(13)15-11/h1-6H,7H2,(H2,13,15). The molecule has 1 aromatic heterocycles. The van der Waals surface area contributed by atoms with E-state index in [1.807, 2.05) is 24.3 Å². The number of halogens is 1. The normalized spacial score (nSPS) is 10.1. The van der Waals surface area contributed by atoms with Gasteiger partial charge in [0.15, 0.2) is 0 Å². The maximum Gasteiger partial charge on any atom is 0.234 e. The predicted molar refractivity (Wildman–Crippen MR) is 64.9 cm³/mol. The lowest BCUT2D eigenvalue weighted by molar-refractivity contribution is 0.293. The Morgan fingerprint density at radius 2 is 2.19 bits per heavy atom. The van der Waals surface area contributed by atoms with Gasteiger partial charge in [-0.2, -0.15) is 4.98 Å². The lowest BCUT2D eigenvalue weighted by atomic mass is 10.2. The zero-order chi connectivity index (χ0) is 11.4. The van der Waals surface area contributed by atoms with Gasteiger partial charge in [0.2, 0.25) is 5.88 Å². The van der Waals surface area contributed by atoms with Crippen molar-refractivity contribution in [2.75, 3.05) is 5.73 Å². The Balaban J connectivity index is 2.02. The lowest BCUT2D eigenvalue weighted by Gasteiger charge is -2.05. The van der Waals surface area contributed by atoms with Crippen molar-refractivity contribution in [2.45, 2.75) is 6.61 Å². The monoisotopic (exact) mass is 279 g/mol. The van der Waals surface area contributed by atoms with Crippen molar-refractivity contribution in [3.63, 3.8) is 0 Å². The molecule has 2 aromatic rings. The van der Waals surface area contributed by atoms with Gasteiger partial charge in [-0.05, 0) is 17.7 Å². The number of ether oxygens (including phenoxy) is 1. The second kappa shape index (κ2) is 4.94. The minimum atomic E-state index is 0.353. The molecule has 16 heavy (non-hydrogen) atoms. The molecule has 2 N–H and O–H groups in total. The van der Waals surface area contributed by atoms with Gasteiger partial charge in [-0.1, -0.05) is 28.1 Å². The fourth-order valence-electron chi connectivity index (χ4n) is 1.22. The van der Waals surface area contributed by atoms with Gasteiger partial charge < -0.3 is 10.5 Å². The van der Waals surface area contributed by atoms with Crippen LogP contribution in [0.2, 0.25) is 0 Å². The van der Waals surface area contributed by atoms with E-state index >= 15 is 0 Å². The van der Waals surface area contributed by atoms with E-state index in [1.165, 1.54) is 12.4 Å². The van der Waals surface area contributed by atoms with Crippen molar-refractivity contribution in [3.8, 4) is 5.88 Å². The highest BCUT2D eigenvalue weighted by Crippen LogP contribution is 2.14. The molecule has 82 valence electrons. The van der Waals surface area contributed by atoms with Gasteiger partial charge in [0.05, 0.1) is 12.4 Å². The molecule has 0 aliphatic rings. The Morgan fingerprint density at radius 3 is 2.94 bits per heavy atom. The molecule has 1 aromatic carbocycles. The molecule has 0 aliphatic carbocycles. The van der Waals surface area contributed by atoms with Crippen molar-refractivity contribution in [2.24, 2.45) is 0 Å². The zero-order valence-corrected chi connectivity index (χ0v) is 10.0. The van der Waals surface area contributed by atoms with Crippen molar-refractivity contribution in [3.05, 3.63) is 46.7 Å². The minimum Gasteiger partial charge on any atom is -0.472 e. The fourth-order valence-corrected chi connectivity index (χ4v) is 1.66. The number of benzene rings is 1. The molecule has 0 amide bonds. The van der Waals surface area contributed by atoms with Crippen molar-refractivity contribution >= 4 is 21.7 Å². The molecular formula is C11H10BrN3O. The lowest BCUT2D eigenvalue weighted by Crippen LogP contribution is -1.99. The number of anilines is 1. The summed E-state index contributed by atoms with van der Waals surface area (Å²) in [6.07, 6.45) is 3.01. The first-order chi connectivity index (χ1) is 7.74. The number of nitrogen functional groups attached to an aromatic ring is 1. The molecule has 0 aliphatic heterocycles. The average Bonchev–Trinajstić information content (AvgIpc) is 2.27. The largest absolute Gasteiger partial charge is 0.472 e. The van der Waals surface area contributed by atoms with E-state index in [2.05, 4.69) is 25.9 Å². The maximum atomic E-state index is 5.49. The first-order valence-electron chi connectivity index (χ1n) is 4.69. The topological polar surface area (TPSA) is 61.0 Å². The van der Waals surface area contributed by atoms with Gasteiger partial charge in [-0.3, -0.25) is 4.98 Å². The highest BCUT2D eigenvalue weighted by molar-refractivity contribution is 9.10. The van der Waals surface area contributed by atoms with Crippen LogP contribution in [0, 0.1) is 0 Å². The second-order valence-corrected chi connectivity index (χ2v) is 4.12. The number of rotatable bonds is 3. The van der Waals surface area contributed by atoms with Crippen LogP contribution in [-0.4, -0.2) is 9.97 Å². The number of aromatic nitrogens is 2. The molecule has 0 spiro atoms. The molecule has 0 bridgehead atoms. The summed E-state index contributed by atoms with van der Waals surface area (Å²) < 4.78 is 6.47. The van der Waals surface area contributed by atoms with E-state index in [0.29, 0.717) is 18.3 Å². The van der Waals surface area contributed by atoms with Crippen LogP contribution in [0.4, 0.5) is 5.82 Å². The van der Waals surface area contributed by atoms with Crippen LogP contribution < -0.4 is 10.5 Å². The van der Waals surface area contributed by atoms with Crippen molar-refractivity contribution in [1.29, 1.82) is 0 Å². The van der Waals surface area contributed by atoms with Crippen LogP contribution in [0.5, 0.6) is 5.88 Å². The summed E-state index contributed by atoms with van der Waals surface area (Å²) in [4.78, 5) is 7.88. The number of nitrogens with zero attached hydrogens (tertiary/aromatic N) is 2. The van der Waals surface area contributed by atoms with E-state index in [-0.39, 0.29) is 0 Å². The zero-order valence-electron chi connectivity index (χ0n) is 8.43. The van der Waals surface area contributed by atoms with Crippen LogP contribution in [0.3, 0.4) is 0 Å². The van der Waals surface area contributed by atoms with Gasteiger partial charge >= 0.3 is 0 Å². The van der Waals surface area contributed by atoms with Crippen LogP contribution in [-0.2, 0) is 6.61 Å². The van der Waals surface area contributed by atoms with Crippen molar-refractivity contribution in [1.82, 2.24) is 9.97 Å². The number of nitrogens with two attached hydrogens (primary N) is 1. The van der Waals surface area contributed by atoms with E-state index in [1.54, 1.807) is 0 Å². The summed E-state index contributed by atoms with van der Waals surface area (Å²) in [6, 6.07) is 7.88. The molecule has 0 unspecified atom stereocenters. The molecular weight excluding hydrogens is 270 g/mol. The van der Waals surface area contributed by atoms with Gasteiger partial charge in [0.1, 0.15) is 12.4 Å². The number of hydrogen-bond donors (Lipinski definition) is 1. The summed E-state index contributed by atoms with van der Waals surface area (Å²) in [5.74, 6) is 0.784. The second-order valence-electron chi connectivity index (χ2n) is 3.20. The van der Waals surface area contributed by atoms with Gasteiger partial charge in [0, 0.05) is 4.47 Å². The molecule has 2 rings (SSSR count). The highest BCUT2D eigenvalue weighted by atomic mass is 79.9. The van der Waals surface area contributed by atoms with Crippen LogP contribution in [0.15, 0.2) is 41.1 Å².